The Balaban J connectivity index is 1.77. The van der Waals surface area contributed by atoms with E-state index in [9.17, 15) is 5.11 Å². The van der Waals surface area contributed by atoms with Crippen molar-refractivity contribution < 1.29 is 14.4 Å². The first-order valence-corrected chi connectivity index (χ1v) is 11.2. The van der Waals surface area contributed by atoms with E-state index in [2.05, 4.69) is 15.5 Å². The molecule has 9 nitrogen and oxygen atoms in total. The van der Waals surface area contributed by atoms with E-state index in [1.807, 2.05) is 62.8 Å². The molecule has 34 heavy (non-hydrogen) atoms. The fourth-order valence-corrected chi connectivity index (χ4v) is 3.86. The Morgan fingerprint density at radius 1 is 1.21 bits per heavy atom. The van der Waals surface area contributed by atoms with Crippen molar-refractivity contribution in [3.63, 3.8) is 0 Å². The molecule has 3 heterocycles. The fourth-order valence-electron chi connectivity index (χ4n) is 3.86. The zero-order valence-electron chi connectivity index (χ0n) is 20.2. The van der Waals surface area contributed by atoms with Crippen LogP contribution in [0.5, 0.6) is 5.75 Å². The number of rotatable bonds is 9. The standard InChI is InChI=1S/C25H30N6O3/c1-15-21(12-22-27-9-10-31(22)5)28-25(29-24(15)23-16(2)30-34-17(23)3)18-7-6-8-20(11-18)33-14-19(32)13-26-4/h6-11,19,26,32H,12-14H2,1-5H3. The number of ether oxygens (including phenoxy) is 1. The lowest BCUT2D eigenvalue weighted by atomic mass is 10.0. The summed E-state index contributed by atoms with van der Waals surface area (Å²) in [5, 5.41) is 17.0. The monoisotopic (exact) mass is 462 g/mol. The molecule has 4 rings (SSSR count). The predicted octanol–water partition coefficient (Wildman–Crippen LogP) is 3.01. The van der Waals surface area contributed by atoms with Crippen molar-refractivity contribution in [2.24, 2.45) is 7.05 Å². The van der Waals surface area contributed by atoms with Gasteiger partial charge in [0.2, 0.25) is 0 Å². The average Bonchev–Trinajstić information content (AvgIpc) is 3.38. The number of hydrogen-bond acceptors (Lipinski definition) is 8. The second-order valence-electron chi connectivity index (χ2n) is 8.35. The molecule has 2 N–H and O–H groups in total. The van der Waals surface area contributed by atoms with Gasteiger partial charge in [0, 0.05) is 38.0 Å². The Labute approximate surface area is 198 Å². The number of imidazole rings is 1. The predicted molar refractivity (Wildman–Crippen MR) is 129 cm³/mol. The van der Waals surface area contributed by atoms with Gasteiger partial charge in [-0.2, -0.15) is 0 Å². The number of aryl methyl sites for hydroxylation is 3. The number of hydrogen-bond donors (Lipinski definition) is 2. The Hall–Kier alpha value is -3.56. The van der Waals surface area contributed by atoms with Crippen LogP contribution in [0.2, 0.25) is 0 Å². The van der Waals surface area contributed by atoms with Gasteiger partial charge in [-0.25, -0.2) is 15.0 Å². The summed E-state index contributed by atoms with van der Waals surface area (Å²) in [4.78, 5) is 14.3. The molecule has 0 amide bonds. The van der Waals surface area contributed by atoms with Crippen molar-refractivity contribution in [1.82, 2.24) is 30.0 Å². The van der Waals surface area contributed by atoms with Gasteiger partial charge in [0.15, 0.2) is 5.82 Å². The van der Waals surface area contributed by atoms with Crippen LogP contribution in [-0.4, -0.2) is 56.1 Å². The van der Waals surface area contributed by atoms with Gasteiger partial charge in [-0.1, -0.05) is 17.3 Å². The highest BCUT2D eigenvalue weighted by Gasteiger charge is 2.21. The van der Waals surface area contributed by atoms with Gasteiger partial charge in [-0.15, -0.1) is 0 Å². The summed E-state index contributed by atoms with van der Waals surface area (Å²) in [5.74, 6) is 2.84. The molecule has 178 valence electrons. The molecule has 1 aromatic carbocycles. The van der Waals surface area contributed by atoms with Gasteiger partial charge >= 0.3 is 0 Å². The number of aromatic nitrogens is 5. The van der Waals surface area contributed by atoms with Crippen LogP contribution in [0, 0.1) is 20.8 Å². The maximum Gasteiger partial charge on any atom is 0.160 e. The lowest BCUT2D eigenvalue weighted by Crippen LogP contribution is -2.29. The lowest BCUT2D eigenvalue weighted by Gasteiger charge is -2.14. The van der Waals surface area contributed by atoms with Gasteiger partial charge < -0.3 is 24.3 Å². The van der Waals surface area contributed by atoms with Crippen LogP contribution in [-0.2, 0) is 13.5 Å². The maximum atomic E-state index is 9.97. The minimum atomic E-state index is -0.597. The topological polar surface area (TPSA) is 111 Å². The Kier molecular flexibility index (Phi) is 7.04. The molecule has 0 aliphatic rings. The van der Waals surface area contributed by atoms with E-state index >= 15 is 0 Å². The zero-order valence-corrected chi connectivity index (χ0v) is 20.2. The highest BCUT2D eigenvalue weighted by Crippen LogP contribution is 2.32. The molecule has 0 fully saturated rings. The first kappa shape index (κ1) is 23.6. The molecular formula is C25H30N6O3. The molecule has 0 aliphatic heterocycles. The molecule has 3 aromatic heterocycles. The van der Waals surface area contributed by atoms with E-state index in [1.54, 1.807) is 13.2 Å². The highest BCUT2D eigenvalue weighted by atomic mass is 16.5. The van der Waals surface area contributed by atoms with Crippen LogP contribution in [0.3, 0.4) is 0 Å². The smallest absolute Gasteiger partial charge is 0.160 e. The van der Waals surface area contributed by atoms with E-state index < -0.39 is 6.10 Å². The first-order valence-electron chi connectivity index (χ1n) is 11.2. The van der Waals surface area contributed by atoms with Gasteiger partial charge in [-0.05, 0) is 45.5 Å². The molecule has 0 spiro atoms. The van der Waals surface area contributed by atoms with Crippen molar-refractivity contribution in [2.45, 2.75) is 33.3 Å². The molecule has 0 radical (unpaired) electrons. The fraction of sp³-hybridized carbons (Fsp3) is 0.360. The number of benzene rings is 1. The van der Waals surface area contributed by atoms with Gasteiger partial charge in [0.1, 0.15) is 30.0 Å². The number of nitrogens with one attached hydrogen (secondary N) is 1. The minimum Gasteiger partial charge on any atom is -0.491 e. The summed E-state index contributed by atoms with van der Waals surface area (Å²) in [6.07, 6.45) is 3.67. The Morgan fingerprint density at radius 2 is 2.03 bits per heavy atom. The Bertz CT molecular complexity index is 1260. The molecule has 0 saturated heterocycles. The molecule has 4 aromatic rings. The van der Waals surface area contributed by atoms with Crippen LogP contribution < -0.4 is 10.1 Å². The van der Waals surface area contributed by atoms with Crippen LogP contribution in [0.4, 0.5) is 0 Å². The zero-order chi connectivity index (χ0) is 24.2. The van der Waals surface area contributed by atoms with Crippen LogP contribution in [0.15, 0.2) is 41.2 Å². The van der Waals surface area contributed by atoms with Crippen LogP contribution in [0.1, 0.15) is 28.5 Å². The van der Waals surface area contributed by atoms with Crippen LogP contribution >= 0.6 is 0 Å². The van der Waals surface area contributed by atoms with E-state index in [1.165, 1.54) is 0 Å². The molecule has 0 aliphatic carbocycles. The normalized spacial score (nSPS) is 12.2. The second-order valence-corrected chi connectivity index (χ2v) is 8.35. The van der Waals surface area contributed by atoms with Gasteiger partial charge in [0.25, 0.3) is 0 Å². The number of aliphatic hydroxyl groups excluding tert-OH is 1. The molecule has 0 saturated carbocycles. The minimum absolute atomic E-state index is 0.188. The summed E-state index contributed by atoms with van der Waals surface area (Å²) in [5.41, 5.74) is 5.11. The Morgan fingerprint density at radius 3 is 2.71 bits per heavy atom. The molecular weight excluding hydrogens is 432 g/mol. The third-order valence-electron chi connectivity index (χ3n) is 5.74. The van der Waals surface area contributed by atoms with Crippen molar-refractivity contribution in [3.8, 4) is 28.4 Å². The second kappa shape index (κ2) is 10.1. The largest absolute Gasteiger partial charge is 0.491 e. The van der Waals surface area contributed by atoms with E-state index in [-0.39, 0.29) is 6.61 Å². The summed E-state index contributed by atoms with van der Waals surface area (Å²) in [6, 6.07) is 7.59. The molecule has 1 atom stereocenters. The lowest BCUT2D eigenvalue weighted by molar-refractivity contribution is 0.108. The SMILES string of the molecule is CNCC(O)COc1cccc(-c2nc(Cc3nccn3C)c(C)c(-c3c(C)noc3C)n2)c1. The van der Waals surface area contributed by atoms with Gasteiger partial charge in [-0.3, -0.25) is 0 Å². The number of nitrogens with zero attached hydrogens (tertiary/aromatic N) is 5. The molecule has 1 unspecified atom stereocenters. The van der Waals surface area contributed by atoms with Crippen molar-refractivity contribution in [1.29, 1.82) is 0 Å². The van der Waals surface area contributed by atoms with Crippen molar-refractivity contribution in [2.75, 3.05) is 20.2 Å². The quantitative estimate of drug-likeness (QED) is 0.391. The summed E-state index contributed by atoms with van der Waals surface area (Å²) >= 11 is 0. The third-order valence-corrected chi connectivity index (χ3v) is 5.74. The average molecular weight is 463 g/mol. The highest BCUT2D eigenvalue weighted by molar-refractivity contribution is 5.71. The van der Waals surface area contributed by atoms with E-state index in [0.717, 1.165) is 39.6 Å². The van der Waals surface area contributed by atoms with Gasteiger partial charge in [0.05, 0.1) is 22.6 Å². The summed E-state index contributed by atoms with van der Waals surface area (Å²) in [6.45, 7) is 6.47. The number of aliphatic hydroxyl groups is 1. The van der Waals surface area contributed by atoms with Crippen molar-refractivity contribution in [3.05, 3.63) is 65.2 Å². The first-order chi connectivity index (χ1) is 16.4. The third kappa shape index (κ3) is 5.00. The van der Waals surface area contributed by atoms with E-state index in [4.69, 9.17) is 19.2 Å². The maximum absolute atomic E-state index is 9.97. The summed E-state index contributed by atoms with van der Waals surface area (Å²) < 4.78 is 13.2. The van der Waals surface area contributed by atoms with Crippen molar-refractivity contribution >= 4 is 0 Å². The number of likely N-dealkylation sites (N-methyl/N-ethyl adjacent to an activating group) is 1. The molecule has 0 bridgehead atoms. The molecule has 9 heteroatoms. The van der Waals surface area contributed by atoms with E-state index in [0.29, 0.717) is 30.3 Å². The summed E-state index contributed by atoms with van der Waals surface area (Å²) in [7, 11) is 3.76. The van der Waals surface area contributed by atoms with Crippen LogP contribution in [0.25, 0.3) is 22.6 Å².